The summed E-state index contributed by atoms with van der Waals surface area (Å²) in [5.74, 6) is -3.96. The van der Waals surface area contributed by atoms with E-state index in [1.165, 1.54) is 7.11 Å². The Morgan fingerprint density at radius 3 is 2.67 bits per heavy atom. The topological polar surface area (TPSA) is 52.3 Å². The van der Waals surface area contributed by atoms with Crippen LogP contribution in [0.15, 0.2) is 0 Å². The van der Waals surface area contributed by atoms with Gasteiger partial charge in [-0.05, 0) is 6.42 Å². The summed E-state index contributed by atoms with van der Waals surface area (Å²) >= 11 is 0. The molecule has 3 nitrogen and oxygen atoms in total. The van der Waals surface area contributed by atoms with E-state index in [0.717, 1.165) is 0 Å². The largest absolute Gasteiger partial charge is 0.468 e. The highest BCUT2D eigenvalue weighted by atomic mass is 19.3. The number of nitrogens with two attached hydrogens (primary N) is 1. The zero-order valence-electron chi connectivity index (χ0n) is 6.72. The van der Waals surface area contributed by atoms with E-state index in [2.05, 4.69) is 4.74 Å². The second kappa shape index (κ2) is 2.97. The van der Waals surface area contributed by atoms with Crippen molar-refractivity contribution in [2.75, 3.05) is 7.11 Å². The molecule has 2 N–H and O–H groups in total. The van der Waals surface area contributed by atoms with Crippen LogP contribution in [0, 0.1) is 5.92 Å². The van der Waals surface area contributed by atoms with E-state index >= 15 is 0 Å². The SMILES string of the molecule is COC(=O)[C@H](N)CC1CC1(F)F. The molecule has 5 heteroatoms. The highest BCUT2D eigenvalue weighted by Gasteiger charge is 2.57. The number of hydrogen-bond donors (Lipinski definition) is 1. The Kier molecular flexibility index (Phi) is 2.32. The molecule has 0 spiro atoms. The molecule has 0 bridgehead atoms. The number of halogens is 2. The second-order valence-corrected chi connectivity index (χ2v) is 3.03. The van der Waals surface area contributed by atoms with E-state index in [1.807, 2.05) is 0 Å². The summed E-state index contributed by atoms with van der Waals surface area (Å²) in [7, 11) is 1.19. The number of hydrogen-bond acceptors (Lipinski definition) is 3. The molecule has 0 amide bonds. The minimum absolute atomic E-state index is 0.0136. The van der Waals surface area contributed by atoms with E-state index in [0.29, 0.717) is 0 Å². The van der Waals surface area contributed by atoms with E-state index in [9.17, 15) is 13.6 Å². The van der Waals surface area contributed by atoms with Crippen LogP contribution < -0.4 is 5.73 Å². The highest BCUT2D eigenvalue weighted by molar-refractivity contribution is 5.75. The molecule has 1 unspecified atom stereocenters. The van der Waals surface area contributed by atoms with E-state index in [4.69, 9.17) is 5.73 Å². The summed E-state index contributed by atoms with van der Waals surface area (Å²) in [6.45, 7) is 0. The Labute approximate surface area is 68.9 Å². The fourth-order valence-corrected chi connectivity index (χ4v) is 1.08. The molecule has 1 rings (SSSR count). The molecule has 1 aliphatic carbocycles. The first kappa shape index (κ1) is 9.38. The monoisotopic (exact) mass is 179 g/mol. The molecule has 1 saturated carbocycles. The molecule has 1 fully saturated rings. The molecular weight excluding hydrogens is 168 g/mol. The standard InChI is InChI=1S/C7H11F2NO2/c1-12-6(11)5(10)2-4-3-7(4,8)9/h4-5H,2-3,10H2,1H3/t4?,5-/m1/s1. The lowest BCUT2D eigenvalue weighted by atomic mass is 10.1. The Bertz CT molecular complexity index is 196. The Morgan fingerprint density at radius 2 is 2.33 bits per heavy atom. The Morgan fingerprint density at radius 1 is 1.83 bits per heavy atom. The average molecular weight is 179 g/mol. The maximum atomic E-state index is 12.3. The minimum atomic E-state index is -2.61. The number of ether oxygens (including phenoxy) is 1. The van der Waals surface area contributed by atoms with Crippen molar-refractivity contribution in [1.29, 1.82) is 0 Å². The van der Waals surface area contributed by atoms with Gasteiger partial charge >= 0.3 is 5.97 Å². The van der Waals surface area contributed by atoms with Crippen LogP contribution in [-0.4, -0.2) is 25.0 Å². The number of methoxy groups -OCH3 is 1. The van der Waals surface area contributed by atoms with Gasteiger partial charge in [-0.15, -0.1) is 0 Å². The van der Waals surface area contributed by atoms with Gasteiger partial charge in [-0.25, -0.2) is 8.78 Å². The van der Waals surface area contributed by atoms with Gasteiger partial charge in [-0.2, -0.15) is 0 Å². The van der Waals surface area contributed by atoms with Gasteiger partial charge < -0.3 is 10.5 Å². The molecule has 2 atom stereocenters. The van der Waals surface area contributed by atoms with Gasteiger partial charge in [0, 0.05) is 12.3 Å². The van der Waals surface area contributed by atoms with Crippen molar-refractivity contribution in [1.82, 2.24) is 0 Å². The van der Waals surface area contributed by atoms with Crippen molar-refractivity contribution >= 4 is 5.97 Å². The number of carbonyl (C=O) groups is 1. The van der Waals surface area contributed by atoms with Crippen LogP contribution in [0.1, 0.15) is 12.8 Å². The molecule has 0 heterocycles. The summed E-state index contributed by atoms with van der Waals surface area (Å²) < 4.78 is 28.9. The van der Waals surface area contributed by atoms with Crippen LogP contribution in [0.5, 0.6) is 0 Å². The first-order valence-corrected chi connectivity index (χ1v) is 3.68. The van der Waals surface area contributed by atoms with Crippen molar-refractivity contribution in [2.24, 2.45) is 11.7 Å². The zero-order chi connectivity index (χ0) is 9.35. The molecule has 0 radical (unpaired) electrons. The van der Waals surface area contributed by atoms with Crippen LogP contribution in [0.4, 0.5) is 8.78 Å². The molecule has 0 aliphatic heterocycles. The highest BCUT2D eigenvalue weighted by Crippen LogP contribution is 2.50. The summed E-state index contributed by atoms with van der Waals surface area (Å²) in [6, 6.07) is -0.909. The molecule has 1 aliphatic rings. The lowest BCUT2D eigenvalue weighted by Gasteiger charge is -2.07. The first-order chi connectivity index (χ1) is 5.47. The normalized spacial score (nSPS) is 27.8. The molecule has 70 valence electrons. The third-order valence-electron chi connectivity index (χ3n) is 2.00. The summed E-state index contributed by atoms with van der Waals surface area (Å²) in [4.78, 5) is 10.7. The number of carbonyl (C=O) groups excluding carboxylic acids is 1. The lowest BCUT2D eigenvalue weighted by molar-refractivity contribution is -0.142. The van der Waals surface area contributed by atoms with Gasteiger partial charge in [-0.1, -0.05) is 0 Å². The third kappa shape index (κ3) is 1.91. The van der Waals surface area contributed by atoms with Crippen LogP contribution in [0.3, 0.4) is 0 Å². The maximum absolute atomic E-state index is 12.3. The minimum Gasteiger partial charge on any atom is -0.468 e. The van der Waals surface area contributed by atoms with E-state index in [1.54, 1.807) is 0 Å². The summed E-state index contributed by atoms with van der Waals surface area (Å²) in [6.07, 6.45) is -0.142. The van der Waals surface area contributed by atoms with Gasteiger partial charge in [-0.3, -0.25) is 4.79 Å². The van der Waals surface area contributed by atoms with E-state index in [-0.39, 0.29) is 12.8 Å². The Hall–Kier alpha value is -0.710. The van der Waals surface area contributed by atoms with Crippen LogP contribution >= 0.6 is 0 Å². The van der Waals surface area contributed by atoms with Crippen molar-refractivity contribution in [2.45, 2.75) is 24.8 Å². The van der Waals surface area contributed by atoms with Crippen molar-refractivity contribution in [3.05, 3.63) is 0 Å². The van der Waals surface area contributed by atoms with Gasteiger partial charge in [0.2, 0.25) is 0 Å². The van der Waals surface area contributed by atoms with Gasteiger partial charge in [0.1, 0.15) is 6.04 Å². The number of alkyl halides is 2. The fraction of sp³-hybridized carbons (Fsp3) is 0.857. The van der Waals surface area contributed by atoms with Crippen LogP contribution in [0.25, 0.3) is 0 Å². The predicted octanol–water partition coefficient (Wildman–Crippen LogP) is 0.532. The number of rotatable bonds is 3. The van der Waals surface area contributed by atoms with Gasteiger partial charge in [0.15, 0.2) is 0 Å². The van der Waals surface area contributed by atoms with Gasteiger partial charge in [0.05, 0.1) is 7.11 Å². The smallest absolute Gasteiger partial charge is 0.322 e. The molecular formula is C7H11F2NO2. The quantitative estimate of drug-likeness (QED) is 0.643. The molecule has 0 aromatic carbocycles. The van der Waals surface area contributed by atoms with Crippen LogP contribution in [-0.2, 0) is 9.53 Å². The molecule has 12 heavy (non-hydrogen) atoms. The Balaban J connectivity index is 2.29. The zero-order valence-corrected chi connectivity index (χ0v) is 6.72. The number of esters is 1. The second-order valence-electron chi connectivity index (χ2n) is 3.03. The maximum Gasteiger partial charge on any atom is 0.322 e. The first-order valence-electron chi connectivity index (χ1n) is 3.68. The fourth-order valence-electron chi connectivity index (χ4n) is 1.08. The summed E-state index contributed by atoms with van der Waals surface area (Å²) in [5.41, 5.74) is 5.28. The van der Waals surface area contributed by atoms with E-state index < -0.39 is 23.9 Å². The third-order valence-corrected chi connectivity index (χ3v) is 2.00. The molecule has 0 aromatic rings. The van der Waals surface area contributed by atoms with Crippen molar-refractivity contribution < 1.29 is 18.3 Å². The molecule has 0 aromatic heterocycles. The van der Waals surface area contributed by atoms with Crippen molar-refractivity contribution in [3.63, 3.8) is 0 Å². The van der Waals surface area contributed by atoms with Crippen LogP contribution in [0.2, 0.25) is 0 Å². The van der Waals surface area contributed by atoms with Crippen molar-refractivity contribution in [3.8, 4) is 0 Å². The molecule has 0 saturated heterocycles. The lowest BCUT2D eigenvalue weighted by Crippen LogP contribution is -2.32. The van der Waals surface area contributed by atoms with Gasteiger partial charge in [0.25, 0.3) is 5.92 Å². The predicted molar refractivity (Wildman–Crippen MR) is 37.7 cm³/mol. The summed E-state index contributed by atoms with van der Waals surface area (Å²) in [5, 5.41) is 0. The average Bonchev–Trinajstić information content (AvgIpc) is 2.57.